The van der Waals surface area contributed by atoms with E-state index in [-0.39, 0.29) is 0 Å². The molecule has 0 bridgehead atoms. The van der Waals surface area contributed by atoms with Crippen LogP contribution in [0.4, 0.5) is 0 Å². The van der Waals surface area contributed by atoms with Crippen molar-refractivity contribution in [3.05, 3.63) is 42.2 Å². The minimum Gasteiger partial charge on any atom is -0.454 e. The first kappa shape index (κ1) is 12.0. The second kappa shape index (κ2) is 5.23. The molecule has 3 nitrogen and oxygen atoms in total. The van der Waals surface area contributed by atoms with Gasteiger partial charge in [0.15, 0.2) is 5.75 Å². The predicted molar refractivity (Wildman–Crippen MR) is 68.7 cm³/mol. The third-order valence-corrected chi connectivity index (χ3v) is 2.70. The van der Waals surface area contributed by atoms with Crippen molar-refractivity contribution in [2.24, 2.45) is 0 Å². The summed E-state index contributed by atoms with van der Waals surface area (Å²) in [5.41, 5.74) is 1.04. The predicted octanol–water partition coefficient (Wildman–Crippen LogP) is 4.00. The highest BCUT2D eigenvalue weighted by atomic mass is 35.5. The van der Waals surface area contributed by atoms with Crippen molar-refractivity contribution in [1.82, 2.24) is 9.78 Å². The molecule has 0 spiro atoms. The van der Waals surface area contributed by atoms with Gasteiger partial charge in [-0.25, -0.2) is 0 Å². The smallest absolute Gasteiger partial charge is 0.165 e. The molecule has 1 aromatic heterocycles. The molecule has 4 heteroatoms. The molecule has 0 amide bonds. The first-order valence-electron chi connectivity index (χ1n) is 5.56. The number of halogens is 1. The van der Waals surface area contributed by atoms with E-state index in [0.29, 0.717) is 11.9 Å². The van der Waals surface area contributed by atoms with Gasteiger partial charge in [0.05, 0.1) is 12.4 Å². The van der Waals surface area contributed by atoms with E-state index in [1.165, 1.54) is 0 Å². The average molecular weight is 251 g/mol. The number of alkyl halides is 1. The van der Waals surface area contributed by atoms with Gasteiger partial charge in [-0.3, -0.25) is 4.68 Å². The van der Waals surface area contributed by atoms with E-state index in [0.717, 1.165) is 17.1 Å². The van der Waals surface area contributed by atoms with Crippen LogP contribution >= 0.6 is 11.6 Å². The highest BCUT2D eigenvalue weighted by molar-refractivity contribution is 6.17. The first-order chi connectivity index (χ1) is 8.19. The van der Waals surface area contributed by atoms with Gasteiger partial charge >= 0.3 is 0 Å². The van der Waals surface area contributed by atoms with Crippen LogP contribution in [0, 0.1) is 0 Å². The van der Waals surface area contributed by atoms with E-state index in [9.17, 15) is 0 Å². The minimum absolute atomic E-state index is 0.335. The van der Waals surface area contributed by atoms with E-state index in [4.69, 9.17) is 16.3 Å². The quantitative estimate of drug-likeness (QED) is 0.767. The second-order valence-electron chi connectivity index (χ2n) is 4.13. The summed E-state index contributed by atoms with van der Waals surface area (Å²) in [6.45, 7) is 4.15. The number of aromatic nitrogens is 2. The van der Waals surface area contributed by atoms with Gasteiger partial charge in [-0.2, -0.15) is 5.10 Å². The molecule has 0 atom stereocenters. The molecule has 0 saturated carbocycles. The normalized spacial score (nSPS) is 10.8. The molecule has 0 fully saturated rings. The number of rotatable bonds is 4. The zero-order valence-corrected chi connectivity index (χ0v) is 10.7. The summed E-state index contributed by atoms with van der Waals surface area (Å²) in [6, 6.07) is 8.07. The molecule has 2 rings (SSSR count). The van der Waals surface area contributed by atoms with Crippen molar-refractivity contribution >= 4 is 11.6 Å². The van der Waals surface area contributed by atoms with Crippen LogP contribution in [0.2, 0.25) is 0 Å². The Hall–Kier alpha value is -1.48. The Morgan fingerprint density at radius 1 is 1.35 bits per heavy atom. The Balaban J connectivity index is 2.13. The van der Waals surface area contributed by atoms with Gasteiger partial charge in [-0.1, -0.05) is 12.1 Å². The summed E-state index contributed by atoms with van der Waals surface area (Å²) in [6.07, 6.45) is 3.60. The van der Waals surface area contributed by atoms with Gasteiger partial charge < -0.3 is 4.74 Å². The zero-order valence-electron chi connectivity index (χ0n) is 9.93. The van der Waals surface area contributed by atoms with Crippen molar-refractivity contribution in [2.45, 2.75) is 25.8 Å². The molecular formula is C13H15ClN2O. The van der Waals surface area contributed by atoms with Crippen molar-refractivity contribution in [2.75, 3.05) is 0 Å². The molecule has 0 aliphatic carbocycles. The summed E-state index contributed by atoms with van der Waals surface area (Å²) in [4.78, 5) is 0. The Morgan fingerprint density at radius 2 is 2.18 bits per heavy atom. The molecule has 0 saturated heterocycles. The molecule has 0 N–H and O–H groups in total. The van der Waals surface area contributed by atoms with Crippen LogP contribution in [0.1, 0.15) is 25.5 Å². The second-order valence-corrected chi connectivity index (χ2v) is 4.40. The van der Waals surface area contributed by atoms with Gasteiger partial charge in [-0.15, -0.1) is 11.6 Å². The molecule has 90 valence electrons. The SMILES string of the molecule is CC(C)n1cc(Oc2cccc(CCl)c2)cn1. The lowest BCUT2D eigenvalue weighted by Gasteiger charge is -2.05. The highest BCUT2D eigenvalue weighted by Crippen LogP contribution is 2.23. The lowest BCUT2D eigenvalue weighted by atomic mass is 10.2. The van der Waals surface area contributed by atoms with E-state index in [2.05, 4.69) is 18.9 Å². The maximum absolute atomic E-state index is 5.78. The van der Waals surface area contributed by atoms with Crippen LogP contribution in [0.3, 0.4) is 0 Å². The summed E-state index contributed by atoms with van der Waals surface area (Å²) < 4.78 is 7.57. The number of benzene rings is 1. The lowest BCUT2D eigenvalue weighted by Crippen LogP contribution is -1.99. The highest BCUT2D eigenvalue weighted by Gasteiger charge is 2.04. The summed E-state index contributed by atoms with van der Waals surface area (Å²) in [5, 5.41) is 4.22. The Bertz CT molecular complexity index is 494. The maximum Gasteiger partial charge on any atom is 0.165 e. The Morgan fingerprint density at radius 3 is 2.82 bits per heavy atom. The van der Waals surface area contributed by atoms with Crippen LogP contribution in [0.15, 0.2) is 36.7 Å². The van der Waals surface area contributed by atoms with Gasteiger partial charge in [0.25, 0.3) is 0 Å². The molecule has 0 unspecified atom stereocenters. The van der Waals surface area contributed by atoms with E-state index in [1.54, 1.807) is 6.20 Å². The summed E-state index contributed by atoms with van der Waals surface area (Å²) >= 11 is 5.78. The number of hydrogen-bond donors (Lipinski definition) is 0. The summed E-state index contributed by atoms with van der Waals surface area (Å²) in [7, 11) is 0. The van der Waals surface area contributed by atoms with Gasteiger partial charge in [0.1, 0.15) is 5.75 Å². The number of hydrogen-bond acceptors (Lipinski definition) is 2. The Labute approximate surface area is 106 Å². The molecule has 0 aliphatic heterocycles. The fourth-order valence-corrected chi connectivity index (χ4v) is 1.65. The molecule has 17 heavy (non-hydrogen) atoms. The fourth-order valence-electron chi connectivity index (χ4n) is 1.48. The third kappa shape index (κ3) is 3.01. The van der Waals surface area contributed by atoms with Crippen LogP contribution in [0.5, 0.6) is 11.5 Å². The standard InChI is InChI=1S/C13H15ClN2O/c1-10(2)16-9-13(8-15-16)17-12-5-3-4-11(6-12)7-14/h3-6,8-10H,7H2,1-2H3. The Kier molecular flexibility index (Phi) is 3.69. The number of ether oxygens (including phenoxy) is 1. The zero-order chi connectivity index (χ0) is 12.3. The largest absolute Gasteiger partial charge is 0.454 e. The van der Waals surface area contributed by atoms with Gasteiger partial charge in [0, 0.05) is 11.9 Å². The molecule has 0 aliphatic rings. The van der Waals surface area contributed by atoms with Crippen LogP contribution in [0.25, 0.3) is 0 Å². The number of nitrogens with zero attached hydrogens (tertiary/aromatic N) is 2. The topological polar surface area (TPSA) is 27.1 Å². The van der Waals surface area contributed by atoms with Crippen molar-refractivity contribution < 1.29 is 4.74 Å². The van der Waals surface area contributed by atoms with Crippen LogP contribution < -0.4 is 4.74 Å². The minimum atomic E-state index is 0.335. The lowest BCUT2D eigenvalue weighted by molar-refractivity contribution is 0.476. The maximum atomic E-state index is 5.78. The van der Waals surface area contributed by atoms with Crippen molar-refractivity contribution in [3.63, 3.8) is 0 Å². The van der Waals surface area contributed by atoms with Gasteiger partial charge in [0.2, 0.25) is 0 Å². The van der Waals surface area contributed by atoms with Crippen LogP contribution in [-0.2, 0) is 5.88 Å². The molecule has 1 aromatic carbocycles. The molecule has 1 heterocycles. The van der Waals surface area contributed by atoms with Crippen molar-refractivity contribution in [1.29, 1.82) is 0 Å². The van der Waals surface area contributed by atoms with Gasteiger partial charge in [-0.05, 0) is 31.5 Å². The monoisotopic (exact) mass is 250 g/mol. The molecular weight excluding hydrogens is 236 g/mol. The molecule has 2 aromatic rings. The van der Waals surface area contributed by atoms with Crippen LogP contribution in [-0.4, -0.2) is 9.78 Å². The third-order valence-electron chi connectivity index (χ3n) is 2.40. The van der Waals surface area contributed by atoms with E-state index in [1.807, 2.05) is 35.1 Å². The van der Waals surface area contributed by atoms with E-state index >= 15 is 0 Å². The van der Waals surface area contributed by atoms with Crippen molar-refractivity contribution in [3.8, 4) is 11.5 Å². The summed E-state index contributed by atoms with van der Waals surface area (Å²) in [5.74, 6) is 2.01. The first-order valence-corrected chi connectivity index (χ1v) is 6.09. The fraction of sp³-hybridized carbons (Fsp3) is 0.308. The van der Waals surface area contributed by atoms with E-state index < -0.39 is 0 Å². The average Bonchev–Trinajstić information content (AvgIpc) is 2.78. The molecule has 0 radical (unpaired) electrons.